The summed E-state index contributed by atoms with van der Waals surface area (Å²) in [4.78, 5) is 11.6. The van der Waals surface area contributed by atoms with Crippen molar-refractivity contribution in [2.75, 3.05) is 6.54 Å². The summed E-state index contributed by atoms with van der Waals surface area (Å²) in [7, 11) is 0. The molecular formula is C13H17F2NO. The molecule has 0 saturated carbocycles. The number of hydrogen-bond donors (Lipinski definition) is 1. The summed E-state index contributed by atoms with van der Waals surface area (Å²) >= 11 is 0. The van der Waals surface area contributed by atoms with Gasteiger partial charge in [0.1, 0.15) is 0 Å². The van der Waals surface area contributed by atoms with Crippen molar-refractivity contribution in [2.45, 2.75) is 32.7 Å². The average molecular weight is 241 g/mol. The number of nitrogens with one attached hydrogen (secondary N) is 1. The van der Waals surface area contributed by atoms with Crippen LogP contribution in [0.25, 0.3) is 0 Å². The lowest BCUT2D eigenvalue weighted by Crippen LogP contribution is -2.31. The van der Waals surface area contributed by atoms with Crippen molar-refractivity contribution < 1.29 is 13.6 Å². The molecule has 1 aromatic rings. The molecule has 0 amide bonds. The number of carbonyl (C=O) groups is 1. The van der Waals surface area contributed by atoms with E-state index < -0.39 is 11.6 Å². The van der Waals surface area contributed by atoms with Gasteiger partial charge >= 0.3 is 0 Å². The summed E-state index contributed by atoms with van der Waals surface area (Å²) in [5.41, 5.74) is 0.500. The maximum atomic E-state index is 12.9. The van der Waals surface area contributed by atoms with Gasteiger partial charge in [0.2, 0.25) is 0 Å². The summed E-state index contributed by atoms with van der Waals surface area (Å²) in [5.74, 6) is -1.83. The Hall–Kier alpha value is -1.29. The van der Waals surface area contributed by atoms with E-state index in [2.05, 4.69) is 5.32 Å². The van der Waals surface area contributed by atoms with Crippen LogP contribution in [-0.4, -0.2) is 18.4 Å². The van der Waals surface area contributed by atoms with Gasteiger partial charge in [-0.1, -0.05) is 13.0 Å². The van der Waals surface area contributed by atoms with Crippen LogP contribution in [0.4, 0.5) is 8.78 Å². The molecule has 0 radical (unpaired) electrons. The molecule has 0 heterocycles. The van der Waals surface area contributed by atoms with Crippen LogP contribution in [-0.2, 0) is 11.2 Å². The van der Waals surface area contributed by atoms with Crippen molar-refractivity contribution in [1.82, 2.24) is 5.32 Å². The van der Waals surface area contributed by atoms with Gasteiger partial charge in [0.25, 0.3) is 0 Å². The van der Waals surface area contributed by atoms with Crippen LogP contribution in [0.2, 0.25) is 0 Å². The Balaban J connectivity index is 2.48. The molecule has 0 saturated heterocycles. The molecule has 0 spiro atoms. The van der Waals surface area contributed by atoms with Crippen LogP contribution in [0, 0.1) is 11.6 Å². The molecular weight excluding hydrogens is 224 g/mol. The van der Waals surface area contributed by atoms with E-state index in [1.165, 1.54) is 6.07 Å². The topological polar surface area (TPSA) is 29.1 Å². The largest absolute Gasteiger partial charge is 0.307 e. The Morgan fingerprint density at radius 2 is 2.06 bits per heavy atom. The number of halogens is 2. The normalized spacial score (nSPS) is 12.5. The maximum absolute atomic E-state index is 12.9. The molecule has 0 aliphatic heterocycles. The summed E-state index contributed by atoms with van der Waals surface area (Å²) in [6.45, 7) is 4.27. The van der Waals surface area contributed by atoms with Crippen molar-refractivity contribution in [1.29, 1.82) is 0 Å². The van der Waals surface area contributed by atoms with Gasteiger partial charge in [-0.2, -0.15) is 0 Å². The van der Waals surface area contributed by atoms with E-state index in [0.29, 0.717) is 5.56 Å². The van der Waals surface area contributed by atoms with Gasteiger partial charge < -0.3 is 5.32 Å². The first-order valence-electron chi connectivity index (χ1n) is 5.72. The van der Waals surface area contributed by atoms with Crippen molar-refractivity contribution in [3.8, 4) is 0 Å². The molecule has 1 unspecified atom stereocenters. The predicted octanol–water partition coefficient (Wildman–Crippen LogP) is 2.46. The molecule has 2 nitrogen and oxygen atoms in total. The van der Waals surface area contributed by atoms with Crippen molar-refractivity contribution in [3.63, 3.8) is 0 Å². The zero-order valence-corrected chi connectivity index (χ0v) is 10.1. The quantitative estimate of drug-likeness (QED) is 0.829. The summed E-state index contributed by atoms with van der Waals surface area (Å²) in [5, 5.41) is 3.06. The van der Waals surface area contributed by atoms with Crippen LogP contribution < -0.4 is 5.32 Å². The first-order chi connectivity index (χ1) is 8.02. The fourth-order valence-electron chi connectivity index (χ4n) is 1.37. The zero-order chi connectivity index (χ0) is 12.8. The second-order valence-electron chi connectivity index (χ2n) is 4.15. The molecule has 0 fully saturated rings. The number of rotatable bonds is 6. The van der Waals surface area contributed by atoms with Crippen LogP contribution >= 0.6 is 0 Å². The van der Waals surface area contributed by atoms with Crippen LogP contribution in [0.15, 0.2) is 18.2 Å². The molecule has 0 aliphatic carbocycles. The van der Waals surface area contributed by atoms with E-state index >= 15 is 0 Å². The van der Waals surface area contributed by atoms with Gasteiger partial charge in [-0.3, -0.25) is 4.79 Å². The Bertz CT molecular complexity index is 393. The summed E-state index contributed by atoms with van der Waals surface area (Å²) < 4.78 is 25.6. The van der Waals surface area contributed by atoms with E-state index in [9.17, 15) is 13.6 Å². The molecule has 4 heteroatoms. The molecule has 1 aromatic carbocycles. The number of ketones is 1. The number of Topliss-reactive ketones (excluding diaryl/α,β-unsaturated/α-hetero) is 1. The second kappa shape index (κ2) is 6.45. The standard InChI is InChI=1S/C13H17F2NO/c1-3-9(2)16-8-11(17)6-10-4-5-12(14)13(15)7-10/h4-5,7,9,16H,3,6,8H2,1-2H3. The fourth-order valence-corrected chi connectivity index (χ4v) is 1.37. The van der Waals surface area contributed by atoms with E-state index in [1.807, 2.05) is 13.8 Å². The van der Waals surface area contributed by atoms with Crippen molar-refractivity contribution in [2.24, 2.45) is 0 Å². The average Bonchev–Trinajstić information content (AvgIpc) is 2.31. The lowest BCUT2D eigenvalue weighted by atomic mass is 10.1. The van der Waals surface area contributed by atoms with Gasteiger partial charge in [0.05, 0.1) is 6.54 Å². The SMILES string of the molecule is CCC(C)NCC(=O)Cc1ccc(F)c(F)c1. The van der Waals surface area contributed by atoms with E-state index in [4.69, 9.17) is 0 Å². The fraction of sp³-hybridized carbons (Fsp3) is 0.462. The molecule has 17 heavy (non-hydrogen) atoms. The number of benzene rings is 1. The monoisotopic (exact) mass is 241 g/mol. The zero-order valence-electron chi connectivity index (χ0n) is 10.1. The van der Waals surface area contributed by atoms with Crippen molar-refractivity contribution in [3.05, 3.63) is 35.4 Å². The first-order valence-corrected chi connectivity index (χ1v) is 5.72. The molecule has 94 valence electrons. The Kier molecular flexibility index (Phi) is 5.22. The van der Waals surface area contributed by atoms with Crippen LogP contribution in [0.1, 0.15) is 25.8 Å². The third kappa shape index (κ3) is 4.61. The van der Waals surface area contributed by atoms with Gasteiger partial charge in [-0.25, -0.2) is 8.78 Å². The minimum atomic E-state index is -0.912. The summed E-state index contributed by atoms with van der Waals surface area (Å²) in [6, 6.07) is 3.82. The molecule has 1 N–H and O–H groups in total. The predicted molar refractivity (Wildman–Crippen MR) is 62.8 cm³/mol. The van der Waals surface area contributed by atoms with E-state index in [-0.39, 0.29) is 24.8 Å². The highest BCUT2D eigenvalue weighted by Crippen LogP contribution is 2.09. The smallest absolute Gasteiger partial charge is 0.159 e. The summed E-state index contributed by atoms with van der Waals surface area (Å²) in [6.07, 6.45) is 1.07. The molecule has 0 bridgehead atoms. The first kappa shape index (κ1) is 13.8. The molecule has 0 aliphatic rings. The van der Waals surface area contributed by atoms with Gasteiger partial charge in [0, 0.05) is 12.5 Å². The minimum absolute atomic E-state index is 0.0312. The lowest BCUT2D eigenvalue weighted by Gasteiger charge is -2.10. The molecule has 1 atom stereocenters. The lowest BCUT2D eigenvalue weighted by molar-refractivity contribution is -0.117. The number of carbonyl (C=O) groups excluding carboxylic acids is 1. The van der Waals surface area contributed by atoms with E-state index in [0.717, 1.165) is 18.6 Å². The van der Waals surface area contributed by atoms with Crippen LogP contribution in [0.5, 0.6) is 0 Å². The second-order valence-corrected chi connectivity index (χ2v) is 4.15. The van der Waals surface area contributed by atoms with Gasteiger partial charge in [-0.15, -0.1) is 0 Å². The van der Waals surface area contributed by atoms with E-state index in [1.54, 1.807) is 0 Å². The number of hydrogen-bond acceptors (Lipinski definition) is 2. The third-order valence-electron chi connectivity index (χ3n) is 2.65. The Morgan fingerprint density at radius 1 is 1.35 bits per heavy atom. The maximum Gasteiger partial charge on any atom is 0.159 e. The van der Waals surface area contributed by atoms with Crippen molar-refractivity contribution >= 4 is 5.78 Å². The van der Waals surface area contributed by atoms with Crippen LogP contribution in [0.3, 0.4) is 0 Å². The molecule has 1 rings (SSSR count). The minimum Gasteiger partial charge on any atom is -0.307 e. The Morgan fingerprint density at radius 3 is 2.65 bits per heavy atom. The highest BCUT2D eigenvalue weighted by molar-refractivity contribution is 5.82. The Labute approximate surface area is 100 Å². The third-order valence-corrected chi connectivity index (χ3v) is 2.65. The highest BCUT2D eigenvalue weighted by atomic mass is 19.2. The van der Waals surface area contributed by atoms with Gasteiger partial charge in [0.15, 0.2) is 17.4 Å². The van der Waals surface area contributed by atoms with Gasteiger partial charge in [-0.05, 0) is 31.0 Å². The molecule has 0 aromatic heterocycles. The highest BCUT2D eigenvalue weighted by Gasteiger charge is 2.08.